The first-order valence-corrected chi connectivity index (χ1v) is 21.2. The van der Waals surface area contributed by atoms with E-state index in [9.17, 15) is 61.5 Å². The topological polar surface area (TPSA) is 21.2 Å². The Labute approximate surface area is 354 Å². The molecule has 63 heavy (non-hydrogen) atoms. The van der Waals surface area contributed by atoms with E-state index in [-0.39, 0.29) is 28.9 Å². The van der Waals surface area contributed by atoms with Gasteiger partial charge in [0.1, 0.15) is 6.20 Å². The molecule has 1 aliphatic rings. The zero-order valence-electron chi connectivity index (χ0n) is 33.8. The molecule has 18 heteroatoms. The van der Waals surface area contributed by atoms with E-state index in [2.05, 4.69) is 6.58 Å². The molecule has 3 heterocycles. The van der Waals surface area contributed by atoms with Crippen LogP contribution in [0.15, 0.2) is 131 Å². The second-order valence-electron chi connectivity index (χ2n) is 15.0. The Hall–Kier alpha value is -5.13. The fourth-order valence-electron chi connectivity index (χ4n) is 7.63. The first-order valence-electron chi connectivity index (χ1n) is 19.6. The average molecular weight is 921 g/mol. The lowest BCUT2D eigenvalue weighted by Gasteiger charge is -2.41. The predicted molar refractivity (Wildman–Crippen MR) is 214 cm³/mol. The van der Waals surface area contributed by atoms with E-state index in [4.69, 9.17) is 4.99 Å². The molecule has 4 aromatic carbocycles. The van der Waals surface area contributed by atoms with Gasteiger partial charge in [-0.15, -0.1) is 0 Å². The Morgan fingerprint density at radius 2 is 1.19 bits per heavy atom. The summed E-state index contributed by atoms with van der Waals surface area (Å²) >= 11 is 0. The number of fused-ring (bicyclic) bond motifs is 4. The van der Waals surface area contributed by atoms with Gasteiger partial charge in [0.2, 0.25) is 0 Å². The summed E-state index contributed by atoms with van der Waals surface area (Å²) < 4.78 is 196. The Bertz CT molecular complexity index is 2610. The minimum absolute atomic E-state index is 0.0525. The number of hydrogen-bond donors (Lipinski definition) is 0. The molecule has 6 aromatic rings. The SMILES string of the molecule is C=C(CCC(F)(F)C(F)(F)C(F)(F)F)c1cc(CC(C)CCC(F)(F)C(F)(F)C(F)(F)F)c2[n+](c1)S(c1ccccc1)(c1ccccc1)n1c(c3cccc4cccc1c43)=N2.CC. The van der Waals surface area contributed by atoms with Crippen molar-refractivity contribution in [1.82, 2.24) is 3.97 Å². The number of pyridine rings is 1. The molecule has 2 aromatic heterocycles. The van der Waals surface area contributed by atoms with Crippen molar-refractivity contribution in [2.45, 2.75) is 98.7 Å². The lowest BCUT2D eigenvalue weighted by Crippen LogP contribution is -2.52. The van der Waals surface area contributed by atoms with Crippen molar-refractivity contribution >= 4 is 43.5 Å². The lowest BCUT2D eigenvalue weighted by atomic mass is 9.92. The van der Waals surface area contributed by atoms with Gasteiger partial charge in [0.25, 0.3) is 5.49 Å². The van der Waals surface area contributed by atoms with E-state index in [1.165, 1.54) is 19.2 Å². The number of halogens is 14. The van der Waals surface area contributed by atoms with Gasteiger partial charge in [0.15, 0.2) is 0 Å². The van der Waals surface area contributed by atoms with Crippen LogP contribution in [0.5, 0.6) is 0 Å². The first-order chi connectivity index (χ1) is 29.4. The summed E-state index contributed by atoms with van der Waals surface area (Å²) in [5.41, 5.74) is 0.870. The van der Waals surface area contributed by atoms with Crippen LogP contribution in [0.3, 0.4) is 0 Å². The molecule has 0 radical (unpaired) electrons. The van der Waals surface area contributed by atoms with Gasteiger partial charge < -0.3 is 0 Å². The molecule has 1 unspecified atom stereocenters. The van der Waals surface area contributed by atoms with Gasteiger partial charge >= 0.3 is 41.9 Å². The van der Waals surface area contributed by atoms with Crippen LogP contribution >= 0.6 is 10.4 Å². The van der Waals surface area contributed by atoms with Crippen molar-refractivity contribution in [2.24, 2.45) is 10.9 Å². The molecular formula is C45H40F14N3S+. The molecule has 7 rings (SSSR count). The second kappa shape index (κ2) is 16.8. The lowest BCUT2D eigenvalue weighted by molar-refractivity contribution is -0.494. The zero-order chi connectivity index (χ0) is 46.6. The fourth-order valence-corrected chi connectivity index (χ4v) is 11.5. The molecule has 1 atom stereocenters. The Morgan fingerprint density at radius 1 is 0.683 bits per heavy atom. The number of rotatable bonds is 13. The number of alkyl halides is 14. The predicted octanol–water partition coefficient (Wildman–Crippen LogP) is 14.7. The van der Waals surface area contributed by atoms with Crippen molar-refractivity contribution in [3.05, 3.63) is 133 Å². The molecule has 0 saturated heterocycles. The summed E-state index contributed by atoms with van der Waals surface area (Å²) in [6.45, 7) is 9.10. The van der Waals surface area contributed by atoms with Crippen LogP contribution in [0.1, 0.15) is 57.6 Å². The fraction of sp³-hybridized carbons (Fsp3) is 0.333. The zero-order valence-corrected chi connectivity index (χ0v) is 34.6. The first kappa shape index (κ1) is 47.4. The molecular weight excluding hydrogens is 881 g/mol. The van der Waals surface area contributed by atoms with Crippen LogP contribution in [0.4, 0.5) is 67.3 Å². The maximum Gasteiger partial charge on any atom is 0.459 e. The summed E-state index contributed by atoms with van der Waals surface area (Å²) in [4.78, 5) is 6.41. The summed E-state index contributed by atoms with van der Waals surface area (Å²) in [6, 6.07) is 30.2. The van der Waals surface area contributed by atoms with Crippen LogP contribution < -0.4 is 9.46 Å². The van der Waals surface area contributed by atoms with E-state index in [1.54, 1.807) is 40.4 Å². The van der Waals surface area contributed by atoms with Crippen LogP contribution in [0.2, 0.25) is 0 Å². The van der Waals surface area contributed by atoms with Gasteiger partial charge in [-0.3, -0.25) is 0 Å². The highest BCUT2D eigenvalue weighted by atomic mass is 32.3. The normalized spacial score (nSPS) is 15.5. The van der Waals surface area contributed by atoms with Crippen LogP contribution in [0.25, 0.3) is 27.2 Å². The van der Waals surface area contributed by atoms with E-state index < -0.39 is 78.0 Å². The quantitative estimate of drug-likeness (QED) is 0.0812. The van der Waals surface area contributed by atoms with Crippen LogP contribution in [-0.2, 0) is 6.42 Å². The number of hydrogen-bond acceptors (Lipinski definition) is 1. The number of aromatic nitrogens is 2. The minimum Gasteiger partial charge on any atom is -0.224 e. The molecule has 0 aliphatic carbocycles. The van der Waals surface area contributed by atoms with E-state index in [1.807, 2.05) is 78.5 Å². The summed E-state index contributed by atoms with van der Waals surface area (Å²) in [7, 11) is -2.96. The van der Waals surface area contributed by atoms with Crippen molar-refractivity contribution in [3.63, 3.8) is 0 Å². The van der Waals surface area contributed by atoms with E-state index >= 15 is 0 Å². The molecule has 0 saturated carbocycles. The monoisotopic (exact) mass is 920 g/mol. The molecule has 0 spiro atoms. The summed E-state index contributed by atoms with van der Waals surface area (Å²) in [5.74, 6) is -24.7. The number of allylic oxidation sites excluding steroid dienone is 1. The Balaban J connectivity index is 0.00000326. The van der Waals surface area contributed by atoms with E-state index in [0.29, 0.717) is 26.2 Å². The molecule has 3 nitrogen and oxygen atoms in total. The minimum atomic E-state index is -6.58. The average Bonchev–Trinajstić information content (AvgIpc) is 3.56. The maximum atomic E-state index is 14.7. The van der Waals surface area contributed by atoms with Crippen molar-refractivity contribution in [1.29, 1.82) is 0 Å². The number of nitrogens with zero attached hydrogens (tertiary/aromatic N) is 3. The maximum absolute atomic E-state index is 14.7. The molecule has 338 valence electrons. The highest BCUT2D eigenvalue weighted by molar-refractivity contribution is 8.27. The second-order valence-corrected chi connectivity index (χ2v) is 17.8. The Morgan fingerprint density at radius 3 is 1.71 bits per heavy atom. The van der Waals surface area contributed by atoms with Gasteiger partial charge in [0, 0.05) is 29.4 Å². The Kier molecular flexibility index (Phi) is 12.6. The highest BCUT2D eigenvalue weighted by Gasteiger charge is 2.73. The van der Waals surface area contributed by atoms with Crippen molar-refractivity contribution < 1.29 is 65.4 Å². The standard InChI is InChI=1S/C43H34F14N3S.C2H6/c1-26(19-21-38(44,45)40(48,49)42(52,53)54)23-29-24-30(27(2)20-22-39(46,47)41(50,51)43(55,56)57)25-59-36(29)58-37-33-17-9-11-28-12-10-18-34(35(28)33)60(37)61(59,31-13-5-3-6-14-31)32-15-7-4-8-16-32;1-2/h3-18,24-26H,2,19-23H2,1H3;1-2H3/q+1;. The van der Waals surface area contributed by atoms with Crippen LogP contribution in [-0.4, -0.2) is 40.0 Å². The van der Waals surface area contributed by atoms with Gasteiger partial charge in [-0.25, -0.2) is 3.97 Å². The van der Waals surface area contributed by atoms with E-state index in [0.717, 1.165) is 10.8 Å². The van der Waals surface area contributed by atoms with Crippen molar-refractivity contribution in [2.75, 3.05) is 0 Å². The number of benzene rings is 4. The van der Waals surface area contributed by atoms with Gasteiger partial charge in [-0.1, -0.05) is 88.0 Å². The largest absolute Gasteiger partial charge is 0.459 e. The molecule has 1 aliphatic heterocycles. The molecule has 0 fully saturated rings. The smallest absolute Gasteiger partial charge is 0.224 e. The molecule has 0 bridgehead atoms. The summed E-state index contributed by atoms with van der Waals surface area (Å²) in [5, 5.41) is 2.30. The van der Waals surface area contributed by atoms with Crippen molar-refractivity contribution in [3.8, 4) is 0 Å². The van der Waals surface area contributed by atoms with Gasteiger partial charge in [-0.05, 0) is 83.6 Å². The third kappa shape index (κ3) is 7.94. The van der Waals surface area contributed by atoms with Gasteiger partial charge in [0.05, 0.1) is 31.1 Å². The highest BCUT2D eigenvalue weighted by Crippen LogP contribution is 2.62. The molecule has 0 N–H and O–H groups in total. The third-order valence-corrected chi connectivity index (χ3v) is 14.4. The molecule has 0 amide bonds. The van der Waals surface area contributed by atoms with Gasteiger partial charge in [-0.2, -0.15) is 65.4 Å². The van der Waals surface area contributed by atoms with Crippen LogP contribution in [0, 0.1) is 5.92 Å². The third-order valence-electron chi connectivity index (χ3n) is 10.8. The summed E-state index contributed by atoms with van der Waals surface area (Å²) in [6.07, 6.45) is -17.8.